The van der Waals surface area contributed by atoms with Crippen LogP contribution in [0.15, 0.2) is 29.2 Å². The van der Waals surface area contributed by atoms with E-state index >= 15 is 0 Å². The second-order valence-electron chi connectivity index (χ2n) is 5.43. The molecule has 1 aliphatic heterocycles. The third kappa shape index (κ3) is 5.59. The highest BCUT2D eigenvalue weighted by Crippen LogP contribution is 2.26. The fourth-order valence-corrected chi connectivity index (χ4v) is 3.16. The number of hydrogen-bond acceptors (Lipinski definition) is 4. The van der Waals surface area contributed by atoms with Gasteiger partial charge < -0.3 is 16.0 Å². The SMILES string of the molecule is NC(=O)CSc1ccccc1NC(=O)CN1CCCCCC1=O. The molecular weight excluding hydrogens is 314 g/mol. The average molecular weight is 335 g/mol. The smallest absolute Gasteiger partial charge is 0.244 e. The summed E-state index contributed by atoms with van der Waals surface area (Å²) in [6, 6.07) is 7.23. The minimum absolute atomic E-state index is 0.0361. The van der Waals surface area contributed by atoms with E-state index in [9.17, 15) is 14.4 Å². The van der Waals surface area contributed by atoms with Gasteiger partial charge in [-0.25, -0.2) is 0 Å². The second kappa shape index (κ2) is 8.57. The lowest BCUT2D eigenvalue weighted by molar-refractivity contribution is -0.134. The van der Waals surface area contributed by atoms with Crippen molar-refractivity contribution in [2.75, 3.05) is 24.2 Å². The number of para-hydroxylation sites is 1. The largest absolute Gasteiger partial charge is 0.369 e. The molecule has 124 valence electrons. The number of carbonyl (C=O) groups excluding carboxylic acids is 3. The topological polar surface area (TPSA) is 92.5 Å². The molecule has 1 fully saturated rings. The maximum atomic E-state index is 12.2. The van der Waals surface area contributed by atoms with Crippen molar-refractivity contribution < 1.29 is 14.4 Å². The minimum atomic E-state index is -0.411. The highest BCUT2D eigenvalue weighted by molar-refractivity contribution is 8.00. The maximum absolute atomic E-state index is 12.2. The molecular formula is C16H21N3O3S. The van der Waals surface area contributed by atoms with Crippen molar-refractivity contribution in [3.05, 3.63) is 24.3 Å². The van der Waals surface area contributed by atoms with E-state index in [1.54, 1.807) is 17.0 Å². The fraction of sp³-hybridized carbons (Fsp3) is 0.438. The summed E-state index contributed by atoms with van der Waals surface area (Å²) in [5.74, 6) is -0.454. The van der Waals surface area contributed by atoms with E-state index in [0.29, 0.717) is 18.7 Å². The molecule has 1 aromatic carbocycles. The predicted molar refractivity (Wildman–Crippen MR) is 90.0 cm³/mol. The minimum Gasteiger partial charge on any atom is -0.369 e. The van der Waals surface area contributed by atoms with Gasteiger partial charge in [0, 0.05) is 17.9 Å². The lowest BCUT2D eigenvalue weighted by Gasteiger charge is -2.20. The quantitative estimate of drug-likeness (QED) is 0.772. The standard InChI is InChI=1S/C16H21N3O3S/c17-14(20)11-23-13-7-4-3-6-12(13)18-15(21)10-19-9-5-1-2-8-16(19)22/h3-4,6-7H,1-2,5,8-11H2,(H2,17,20)(H,18,21). The van der Waals surface area contributed by atoms with Crippen LogP contribution in [0.1, 0.15) is 25.7 Å². The molecule has 3 amide bonds. The molecule has 3 N–H and O–H groups in total. The van der Waals surface area contributed by atoms with Crippen LogP contribution in [-0.4, -0.2) is 41.5 Å². The van der Waals surface area contributed by atoms with Crippen molar-refractivity contribution in [2.24, 2.45) is 5.73 Å². The molecule has 1 aromatic rings. The Morgan fingerprint density at radius 2 is 2.00 bits per heavy atom. The first kappa shape index (κ1) is 17.3. The van der Waals surface area contributed by atoms with E-state index in [2.05, 4.69) is 5.32 Å². The summed E-state index contributed by atoms with van der Waals surface area (Å²) in [5, 5.41) is 2.82. The summed E-state index contributed by atoms with van der Waals surface area (Å²) >= 11 is 1.28. The lowest BCUT2D eigenvalue weighted by atomic mass is 10.2. The van der Waals surface area contributed by atoms with Gasteiger partial charge in [-0.1, -0.05) is 18.6 Å². The summed E-state index contributed by atoms with van der Waals surface area (Å²) in [7, 11) is 0. The number of anilines is 1. The molecule has 0 spiro atoms. The van der Waals surface area contributed by atoms with Crippen LogP contribution < -0.4 is 11.1 Å². The molecule has 0 radical (unpaired) electrons. The van der Waals surface area contributed by atoms with E-state index in [4.69, 9.17) is 5.73 Å². The van der Waals surface area contributed by atoms with Gasteiger partial charge in [0.2, 0.25) is 17.7 Å². The third-order valence-electron chi connectivity index (χ3n) is 3.54. The highest BCUT2D eigenvalue weighted by atomic mass is 32.2. The fourth-order valence-electron chi connectivity index (χ4n) is 2.41. The predicted octanol–water partition coefficient (Wildman–Crippen LogP) is 1.61. The van der Waals surface area contributed by atoms with E-state index < -0.39 is 5.91 Å². The number of thioether (sulfide) groups is 1. The Labute approximate surface area is 139 Å². The van der Waals surface area contributed by atoms with E-state index in [-0.39, 0.29) is 24.1 Å². The molecule has 1 heterocycles. The molecule has 7 heteroatoms. The first-order valence-electron chi connectivity index (χ1n) is 7.64. The summed E-state index contributed by atoms with van der Waals surface area (Å²) in [5.41, 5.74) is 5.78. The number of likely N-dealkylation sites (tertiary alicyclic amines) is 1. The number of nitrogens with one attached hydrogen (secondary N) is 1. The molecule has 1 saturated heterocycles. The average Bonchev–Trinajstić information content (AvgIpc) is 2.71. The normalized spacial score (nSPS) is 15.1. The lowest BCUT2D eigenvalue weighted by Crippen LogP contribution is -2.37. The Balaban J connectivity index is 1.96. The Morgan fingerprint density at radius 3 is 2.78 bits per heavy atom. The maximum Gasteiger partial charge on any atom is 0.244 e. The zero-order valence-corrected chi connectivity index (χ0v) is 13.7. The van der Waals surface area contributed by atoms with Gasteiger partial charge in [-0.15, -0.1) is 11.8 Å². The molecule has 0 bridgehead atoms. The van der Waals surface area contributed by atoms with Gasteiger partial charge in [0.05, 0.1) is 18.0 Å². The number of nitrogens with zero attached hydrogens (tertiary/aromatic N) is 1. The van der Waals surface area contributed by atoms with Crippen LogP contribution in [0.5, 0.6) is 0 Å². The van der Waals surface area contributed by atoms with E-state index in [1.807, 2.05) is 12.1 Å². The van der Waals surface area contributed by atoms with Crippen LogP contribution in [0.2, 0.25) is 0 Å². The van der Waals surface area contributed by atoms with Crippen LogP contribution in [-0.2, 0) is 14.4 Å². The molecule has 2 rings (SSSR count). The summed E-state index contributed by atoms with van der Waals surface area (Å²) in [6.07, 6.45) is 3.36. The monoisotopic (exact) mass is 335 g/mol. The third-order valence-corrected chi connectivity index (χ3v) is 4.63. The van der Waals surface area contributed by atoms with Gasteiger partial charge in [-0.2, -0.15) is 0 Å². The van der Waals surface area contributed by atoms with Crippen molar-refractivity contribution >= 4 is 35.2 Å². The van der Waals surface area contributed by atoms with Crippen molar-refractivity contribution in [1.82, 2.24) is 4.90 Å². The Bertz CT molecular complexity index is 592. The van der Waals surface area contributed by atoms with Crippen LogP contribution in [0.4, 0.5) is 5.69 Å². The second-order valence-corrected chi connectivity index (χ2v) is 6.44. The van der Waals surface area contributed by atoms with Gasteiger partial charge in [0.1, 0.15) is 0 Å². The molecule has 0 aliphatic carbocycles. The van der Waals surface area contributed by atoms with Gasteiger partial charge in [-0.05, 0) is 25.0 Å². The summed E-state index contributed by atoms with van der Waals surface area (Å²) in [4.78, 5) is 37.5. The number of hydrogen-bond donors (Lipinski definition) is 2. The van der Waals surface area contributed by atoms with Crippen molar-refractivity contribution in [1.29, 1.82) is 0 Å². The van der Waals surface area contributed by atoms with Crippen LogP contribution in [0, 0.1) is 0 Å². The Kier molecular flexibility index (Phi) is 6.46. The summed E-state index contributed by atoms with van der Waals surface area (Å²) in [6.45, 7) is 0.692. The molecule has 23 heavy (non-hydrogen) atoms. The molecule has 0 atom stereocenters. The van der Waals surface area contributed by atoms with Gasteiger partial charge in [-0.3, -0.25) is 14.4 Å². The zero-order valence-electron chi connectivity index (χ0n) is 12.9. The first-order valence-corrected chi connectivity index (χ1v) is 8.62. The molecule has 1 aliphatic rings. The van der Waals surface area contributed by atoms with Crippen molar-refractivity contribution in [3.8, 4) is 0 Å². The van der Waals surface area contributed by atoms with Crippen molar-refractivity contribution in [3.63, 3.8) is 0 Å². The Hall–Kier alpha value is -2.02. The van der Waals surface area contributed by atoms with Gasteiger partial charge in [0.15, 0.2) is 0 Å². The van der Waals surface area contributed by atoms with Gasteiger partial charge in [0.25, 0.3) is 0 Å². The highest BCUT2D eigenvalue weighted by Gasteiger charge is 2.19. The summed E-state index contributed by atoms with van der Waals surface area (Å²) < 4.78 is 0. The first-order chi connectivity index (χ1) is 11.1. The molecule has 0 unspecified atom stereocenters. The number of nitrogens with two attached hydrogens (primary N) is 1. The van der Waals surface area contributed by atoms with Crippen LogP contribution >= 0.6 is 11.8 Å². The van der Waals surface area contributed by atoms with Crippen LogP contribution in [0.3, 0.4) is 0 Å². The van der Waals surface area contributed by atoms with Crippen molar-refractivity contribution in [2.45, 2.75) is 30.6 Å². The number of carbonyl (C=O) groups is 3. The zero-order chi connectivity index (χ0) is 16.7. The number of primary amides is 1. The number of rotatable bonds is 6. The van der Waals surface area contributed by atoms with E-state index in [0.717, 1.165) is 24.2 Å². The van der Waals surface area contributed by atoms with Gasteiger partial charge >= 0.3 is 0 Å². The van der Waals surface area contributed by atoms with Crippen LogP contribution in [0.25, 0.3) is 0 Å². The van der Waals surface area contributed by atoms with E-state index in [1.165, 1.54) is 11.8 Å². The Morgan fingerprint density at radius 1 is 1.22 bits per heavy atom. The number of benzene rings is 1. The molecule has 0 saturated carbocycles. The molecule has 6 nitrogen and oxygen atoms in total. The molecule has 0 aromatic heterocycles. The number of amides is 3.